The molecule has 1 aliphatic heterocycles. The van der Waals surface area contributed by atoms with E-state index in [9.17, 15) is 4.79 Å². The van der Waals surface area contributed by atoms with Crippen molar-refractivity contribution in [3.05, 3.63) is 46.7 Å². The fraction of sp³-hybridized carbons (Fsp3) is 0.412. The Morgan fingerprint density at radius 3 is 2.96 bits per heavy atom. The lowest BCUT2D eigenvalue weighted by Crippen LogP contribution is -2.36. The number of aromatic carboxylic acids is 1. The monoisotopic (exact) mass is 349 g/mol. The number of carbonyl (C=O) groups is 1. The van der Waals surface area contributed by atoms with Crippen molar-refractivity contribution < 1.29 is 14.6 Å². The molecule has 1 atom stereocenters. The molecular weight excluding hydrogens is 330 g/mol. The van der Waals surface area contributed by atoms with E-state index in [1.165, 1.54) is 0 Å². The summed E-state index contributed by atoms with van der Waals surface area (Å²) in [7, 11) is 1.62. The zero-order chi connectivity index (χ0) is 17.1. The van der Waals surface area contributed by atoms with Gasteiger partial charge in [0.2, 0.25) is 0 Å². The molecule has 0 radical (unpaired) electrons. The van der Waals surface area contributed by atoms with E-state index in [0.717, 1.165) is 43.8 Å². The SMILES string of the molecule is COc1ccc(CN2CCCC(n3ccc(C(=O)O)n3)C2)c(Cl)c1. The molecule has 1 N–H and O–H groups in total. The molecule has 7 heteroatoms. The average Bonchev–Trinajstić information content (AvgIpc) is 3.07. The number of halogens is 1. The molecule has 6 nitrogen and oxygen atoms in total. The summed E-state index contributed by atoms with van der Waals surface area (Å²) < 4.78 is 6.95. The highest BCUT2D eigenvalue weighted by molar-refractivity contribution is 6.31. The number of hydrogen-bond acceptors (Lipinski definition) is 4. The van der Waals surface area contributed by atoms with Crippen LogP contribution in [-0.4, -0.2) is 46.0 Å². The Morgan fingerprint density at radius 2 is 2.29 bits per heavy atom. The second kappa shape index (κ2) is 7.23. The third kappa shape index (κ3) is 3.71. The molecule has 0 saturated carbocycles. The molecule has 2 heterocycles. The number of aromatic nitrogens is 2. The highest BCUT2D eigenvalue weighted by Gasteiger charge is 2.23. The van der Waals surface area contributed by atoms with Crippen LogP contribution in [0.2, 0.25) is 5.02 Å². The van der Waals surface area contributed by atoms with Gasteiger partial charge in [-0.05, 0) is 43.1 Å². The van der Waals surface area contributed by atoms with Crippen molar-refractivity contribution >= 4 is 17.6 Å². The number of piperidine rings is 1. The lowest BCUT2D eigenvalue weighted by molar-refractivity contribution is 0.0688. The van der Waals surface area contributed by atoms with Gasteiger partial charge in [0.05, 0.1) is 13.2 Å². The van der Waals surface area contributed by atoms with E-state index in [0.29, 0.717) is 5.02 Å². The average molecular weight is 350 g/mol. The first-order valence-corrected chi connectivity index (χ1v) is 8.28. The molecule has 1 aromatic carbocycles. The van der Waals surface area contributed by atoms with Gasteiger partial charge in [-0.2, -0.15) is 5.10 Å². The Hall–Kier alpha value is -2.05. The predicted molar refractivity (Wildman–Crippen MR) is 90.7 cm³/mol. The number of rotatable bonds is 5. The number of carboxylic acid groups (broad SMARTS) is 1. The highest BCUT2D eigenvalue weighted by Crippen LogP contribution is 2.27. The van der Waals surface area contributed by atoms with E-state index in [-0.39, 0.29) is 11.7 Å². The molecule has 0 spiro atoms. The van der Waals surface area contributed by atoms with Crippen LogP contribution >= 0.6 is 11.6 Å². The number of nitrogens with zero attached hydrogens (tertiary/aromatic N) is 3. The Kier molecular flexibility index (Phi) is 5.06. The third-order valence-corrected chi connectivity index (χ3v) is 4.69. The minimum Gasteiger partial charge on any atom is -0.497 e. The highest BCUT2D eigenvalue weighted by atomic mass is 35.5. The maximum Gasteiger partial charge on any atom is 0.356 e. The summed E-state index contributed by atoms with van der Waals surface area (Å²) in [6.45, 7) is 2.57. The lowest BCUT2D eigenvalue weighted by atomic mass is 10.0. The summed E-state index contributed by atoms with van der Waals surface area (Å²) in [5.74, 6) is -0.246. The molecule has 1 fully saturated rings. The van der Waals surface area contributed by atoms with Crippen LogP contribution in [-0.2, 0) is 6.54 Å². The quantitative estimate of drug-likeness (QED) is 0.898. The minimum absolute atomic E-state index is 0.0883. The van der Waals surface area contributed by atoms with Crippen LogP contribution in [0.25, 0.3) is 0 Å². The van der Waals surface area contributed by atoms with Gasteiger partial charge in [-0.1, -0.05) is 17.7 Å². The summed E-state index contributed by atoms with van der Waals surface area (Å²) >= 11 is 6.33. The van der Waals surface area contributed by atoms with Gasteiger partial charge in [-0.15, -0.1) is 0 Å². The zero-order valence-electron chi connectivity index (χ0n) is 13.5. The van der Waals surface area contributed by atoms with Gasteiger partial charge >= 0.3 is 5.97 Å². The first kappa shape index (κ1) is 16.8. The Morgan fingerprint density at radius 1 is 1.46 bits per heavy atom. The smallest absolute Gasteiger partial charge is 0.356 e. The maximum absolute atomic E-state index is 11.0. The van der Waals surface area contributed by atoms with E-state index in [1.807, 2.05) is 18.2 Å². The van der Waals surface area contributed by atoms with Gasteiger partial charge in [0.25, 0.3) is 0 Å². The molecule has 24 heavy (non-hydrogen) atoms. The zero-order valence-corrected chi connectivity index (χ0v) is 14.2. The van der Waals surface area contributed by atoms with Crippen molar-refractivity contribution in [2.75, 3.05) is 20.2 Å². The topological polar surface area (TPSA) is 67.6 Å². The van der Waals surface area contributed by atoms with Gasteiger partial charge in [-0.25, -0.2) is 4.79 Å². The molecule has 0 amide bonds. The van der Waals surface area contributed by atoms with Gasteiger partial charge < -0.3 is 9.84 Å². The largest absolute Gasteiger partial charge is 0.497 e. The first-order chi connectivity index (χ1) is 11.6. The summed E-state index contributed by atoms with van der Waals surface area (Å²) in [5, 5.41) is 13.9. The standard InChI is InChI=1S/C17H20ClN3O3/c1-24-14-5-4-12(15(18)9-14)10-20-7-2-3-13(11-20)21-8-6-16(19-21)17(22)23/h4-6,8-9,13H,2-3,7,10-11H2,1H3,(H,22,23). The normalized spacial score (nSPS) is 18.5. The molecule has 1 aromatic heterocycles. The summed E-state index contributed by atoms with van der Waals surface area (Å²) in [5.41, 5.74) is 1.15. The van der Waals surface area contributed by atoms with E-state index in [4.69, 9.17) is 21.4 Å². The fourth-order valence-electron chi connectivity index (χ4n) is 3.07. The molecule has 1 saturated heterocycles. The van der Waals surface area contributed by atoms with E-state index >= 15 is 0 Å². The van der Waals surface area contributed by atoms with Crippen LogP contribution in [0.3, 0.4) is 0 Å². The van der Waals surface area contributed by atoms with Gasteiger partial charge in [-0.3, -0.25) is 9.58 Å². The number of hydrogen-bond donors (Lipinski definition) is 1. The number of likely N-dealkylation sites (tertiary alicyclic amines) is 1. The second-order valence-corrected chi connectivity index (χ2v) is 6.38. The van der Waals surface area contributed by atoms with E-state index < -0.39 is 5.97 Å². The molecule has 0 aliphatic carbocycles. The first-order valence-electron chi connectivity index (χ1n) is 7.90. The van der Waals surface area contributed by atoms with Gasteiger partial charge in [0.1, 0.15) is 5.75 Å². The van der Waals surface area contributed by atoms with Crippen molar-refractivity contribution in [3.63, 3.8) is 0 Å². The molecular formula is C17H20ClN3O3. The van der Waals surface area contributed by atoms with Gasteiger partial charge in [0, 0.05) is 24.3 Å². The predicted octanol–water partition coefficient (Wildman–Crippen LogP) is 3.08. The van der Waals surface area contributed by atoms with Crippen LogP contribution < -0.4 is 4.74 Å². The third-order valence-electron chi connectivity index (χ3n) is 4.34. The molecule has 3 rings (SSSR count). The molecule has 1 aliphatic rings. The Labute approximate surface area is 145 Å². The molecule has 2 aromatic rings. The van der Waals surface area contributed by atoms with Crippen molar-refractivity contribution in [1.82, 2.24) is 14.7 Å². The van der Waals surface area contributed by atoms with Crippen molar-refractivity contribution in [2.45, 2.75) is 25.4 Å². The Bertz CT molecular complexity index is 732. The van der Waals surface area contributed by atoms with Crippen LogP contribution in [0, 0.1) is 0 Å². The molecule has 128 valence electrons. The van der Waals surface area contributed by atoms with Crippen LogP contribution in [0.1, 0.15) is 34.9 Å². The van der Waals surface area contributed by atoms with Crippen LogP contribution in [0.4, 0.5) is 0 Å². The number of ether oxygens (including phenoxy) is 1. The van der Waals surface area contributed by atoms with Crippen LogP contribution in [0.5, 0.6) is 5.75 Å². The van der Waals surface area contributed by atoms with E-state index in [2.05, 4.69) is 10.00 Å². The summed E-state index contributed by atoms with van der Waals surface area (Å²) in [6.07, 6.45) is 3.78. The number of carboxylic acids is 1. The van der Waals surface area contributed by atoms with Gasteiger partial charge in [0.15, 0.2) is 5.69 Å². The second-order valence-electron chi connectivity index (χ2n) is 5.97. The summed E-state index contributed by atoms with van der Waals surface area (Å²) in [4.78, 5) is 13.3. The van der Waals surface area contributed by atoms with Crippen molar-refractivity contribution in [2.24, 2.45) is 0 Å². The summed E-state index contributed by atoms with van der Waals surface area (Å²) in [6, 6.07) is 7.45. The molecule has 1 unspecified atom stereocenters. The maximum atomic E-state index is 11.0. The lowest BCUT2D eigenvalue weighted by Gasteiger charge is -2.33. The van der Waals surface area contributed by atoms with E-state index in [1.54, 1.807) is 24.1 Å². The minimum atomic E-state index is -0.994. The van der Waals surface area contributed by atoms with Crippen molar-refractivity contribution in [1.29, 1.82) is 0 Å². The number of benzene rings is 1. The fourth-order valence-corrected chi connectivity index (χ4v) is 3.30. The number of methoxy groups -OCH3 is 1. The Balaban J connectivity index is 1.68. The van der Waals surface area contributed by atoms with Crippen molar-refractivity contribution in [3.8, 4) is 5.75 Å². The molecule has 0 bridgehead atoms. The van der Waals surface area contributed by atoms with Crippen LogP contribution in [0.15, 0.2) is 30.5 Å².